The number of hydrogen-bond acceptors (Lipinski definition) is 6. The fourth-order valence-corrected chi connectivity index (χ4v) is 5.37. The molecule has 0 bridgehead atoms. The highest BCUT2D eigenvalue weighted by atomic mass is 16.5. The van der Waals surface area contributed by atoms with Crippen molar-refractivity contribution >= 4 is 17.7 Å². The molecule has 36 heavy (non-hydrogen) atoms. The van der Waals surface area contributed by atoms with Crippen LogP contribution in [0.4, 0.5) is 16.4 Å². The number of anilines is 2. The molecule has 1 unspecified atom stereocenters. The molecule has 2 aliphatic heterocycles. The van der Waals surface area contributed by atoms with E-state index in [1.165, 1.54) is 5.69 Å². The van der Waals surface area contributed by atoms with Gasteiger partial charge in [-0.2, -0.15) is 0 Å². The van der Waals surface area contributed by atoms with Crippen LogP contribution in [-0.4, -0.2) is 84.2 Å². The molecule has 3 atom stereocenters. The summed E-state index contributed by atoms with van der Waals surface area (Å²) in [6.07, 6.45) is 1.05. The molecule has 9 heteroatoms. The van der Waals surface area contributed by atoms with Gasteiger partial charge in [0.25, 0.3) is 0 Å². The molecule has 2 aromatic rings. The van der Waals surface area contributed by atoms with Gasteiger partial charge in [0.2, 0.25) is 5.95 Å². The van der Waals surface area contributed by atoms with E-state index in [1.807, 2.05) is 17.9 Å². The van der Waals surface area contributed by atoms with Crippen molar-refractivity contribution < 1.29 is 9.53 Å². The topological polar surface area (TPSA) is 78.8 Å². The van der Waals surface area contributed by atoms with Crippen LogP contribution in [-0.2, 0) is 11.3 Å². The molecule has 0 spiro atoms. The summed E-state index contributed by atoms with van der Waals surface area (Å²) in [5.74, 6) is 2.12. The first-order valence-corrected chi connectivity index (χ1v) is 13.3. The zero-order valence-electron chi connectivity index (χ0n) is 22.8. The van der Waals surface area contributed by atoms with Crippen molar-refractivity contribution in [3.8, 4) is 0 Å². The van der Waals surface area contributed by atoms with E-state index in [-0.39, 0.29) is 29.5 Å². The summed E-state index contributed by atoms with van der Waals surface area (Å²) >= 11 is 0. The average molecular weight is 498 g/mol. The Morgan fingerprint density at radius 3 is 2.50 bits per heavy atom. The van der Waals surface area contributed by atoms with Crippen molar-refractivity contribution in [2.24, 2.45) is 5.41 Å². The highest BCUT2D eigenvalue weighted by molar-refractivity contribution is 5.74. The molecule has 198 valence electrons. The average Bonchev–Trinajstić information content (AvgIpc) is 3.51. The van der Waals surface area contributed by atoms with Crippen molar-refractivity contribution in [3.05, 3.63) is 36.2 Å². The number of benzene rings is 1. The lowest BCUT2D eigenvalue weighted by Crippen LogP contribution is -2.52. The maximum atomic E-state index is 12.3. The number of amides is 2. The summed E-state index contributed by atoms with van der Waals surface area (Å²) in [5, 5.41) is 12.4. The monoisotopic (exact) mass is 497 g/mol. The number of nitrogens with zero attached hydrogens (tertiary/aromatic N) is 6. The summed E-state index contributed by atoms with van der Waals surface area (Å²) < 4.78 is 8.55. The zero-order valence-corrected chi connectivity index (χ0v) is 22.8. The van der Waals surface area contributed by atoms with Gasteiger partial charge in [-0.05, 0) is 37.8 Å². The smallest absolute Gasteiger partial charge is 0.317 e. The Hall–Kier alpha value is -2.81. The summed E-state index contributed by atoms with van der Waals surface area (Å²) in [6, 6.07) is 10.7. The highest BCUT2D eigenvalue weighted by Crippen LogP contribution is 2.41. The number of ether oxygens (including phenoxy) is 1. The van der Waals surface area contributed by atoms with Gasteiger partial charge < -0.3 is 24.8 Å². The van der Waals surface area contributed by atoms with Gasteiger partial charge >= 0.3 is 6.03 Å². The van der Waals surface area contributed by atoms with Gasteiger partial charge in [-0.15, -0.1) is 10.2 Å². The molecular weight excluding hydrogens is 454 g/mol. The van der Waals surface area contributed by atoms with Crippen molar-refractivity contribution in [1.29, 1.82) is 0 Å². The third kappa shape index (κ3) is 5.61. The van der Waals surface area contributed by atoms with Gasteiger partial charge in [0.15, 0.2) is 0 Å². The number of nitrogens with one attached hydrogen (secondary N) is 1. The van der Waals surface area contributed by atoms with Gasteiger partial charge in [0.1, 0.15) is 5.82 Å². The van der Waals surface area contributed by atoms with Crippen molar-refractivity contribution in [2.45, 2.75) is 65.6 Å². The van der Waals surface area contributed by atoms with Crippen molar-refractivity contribution in [1.82, 2.24) is 25.0 Å². The summed E-state index contributed by atoms with van der Waals surface area (Å²) in [4.78, 5) is 18.8. The number of urea groups is 1. The molecule has 0 saturated carbocycles. The fourth-order valence-electron chi connectivity index (χ4n) is 5.37. The molecule has 3 heterocycles. The van der Waals surface area contributed by atoms with Crippen LogP contribution in [0.3, 0.4) is 0 Å². The van der Waals surface area contributed by atoms with Crippen LogP contribution >= 0.6 is 0 Å². The van der Waals surface area contributed by atoms with E-state index in [2.05, 4.69) is 78.7 Å². The summed E-state index contributed by atoms with van der Waals surface area (Å²) in [6.45, 7) is 15.9. The van der Waals surface area contributed by atoms with Crippen LogP contribution in [0.1, 0.15) is 52.8 Å². The molecule has 2 fully saturated rings. The second kappa shape index (κ2) is 11.1. The molecule has 0 radical (unpaired) electrons. The predicted molar refractivity (Wildman–Crippen MR) is 144 cm³/mol. The normalized spacial score (nSPS) is 21.5. The van der Waals surface area contributed by atoms with Crippen molar-refractivity contribution in [3.63, 3.8) is 0 Å². The van der Waals surface area contributed by atoms with Gasteiger partial charge in [-0.25, -0.2) is 4.79 Å². The minimum absolute atomic E-state index is 0.00790. The molecule has 2 saturated heterocycles. The molecule has 2 aliphatic rings. The number of carbonyl (C=O) groups is 1. The zero-order chi connectivity index (χ0) is 25.9. The van der Waals surface area contributed by atoms with Crippen molar-refractivity contribution in [2.75, 3.05) is 56.2 Å². The lowest BCUT2D eigenvalue weighted by Gasteiger charge is -2.36. The van der Waals surface area contributed by atoms with Crippen LogP contribution in [0, 0.1) is 5.41 Å². The van der Waals surface area contributed by atoms with Crippen LogP contribution in [0.15, 0.2) is 30.3 Å². The molecule has 0 aliphatic carbocycles. The molecule has 9 nitrogen and oxygen atoms in total. The Morgan fingerprint density at radius 2 is 1.86 bits per heavy atom. The third-order valence-corrected chi connectivity index (χ3v) is 7.49. The van der Waals surface area contributed by atoms with E-state index in [0.29, 0.717) is 19.6 Å². The molecule has 1 aromatic carbocycles. The number of likely N-dealkylation sites (N-methyl/N-ethyl adjacent to an activating group) is 1. The molecule has 4 rings (SSSR count). The number of para-hydroxylation sites is 1. The first-order chi connectivity index (χ1) is 17.2. The van der Waals surface area contributed by atoms with Crippen LogP contribution in [0.25, 0.3) is 0 Å². The summed E-state index contributed by atoms with van der Waals surface area (Å²) in [7, 11) is 2.14. The van der Waals surface area contributed by atoms with E-state index in [0.717, 1.165) is 44.4 Å². The summed E-state index contributed by atoms with van der Waals surface area (Å²) in [5.41, 5.74) is 1.21. The van der Waals surface area contributed by atoms with Gasteiger partial charge in [0.05, 0.1) is 6.10 Å². The Morgan fingerprint density at radius 1 is 1.17 bits per heavy atom. The van der Waals surface area contributed by atoms with E-state index in [1.54, 1.807) is 0 Å². The van der Waals surface area contributed by atoms with E-state index < -0.39 is 0 Å². The SMILES string of the molecule is CCNC(=O)N1CCN(c2nnc([C@@H]3CCO[C@H]3C(C)(C)C)n2CC(C)N(C)c2ccccc2)CC1. The second-order valence-electron chi connectivity index (χ2n) is 11.1. The largest absolute Gasteiger partial charge is 0.377 e. The van der Waals surface area contributed by atoms with Gasteiger partial charge in [-0.3, -0.25) is 4.57 Å². The second-order valence-corrected chi connectivity index (χ2v) is 11.1. The maximum absolute atomic E-state index is 12.3. The number of piperazine rings is 1. The Bertz CT molecular complexity index is 995. The molecule has 1 N–H and O–H groups in total. The van der Waals surface area contributed by atoms with E-state index >= 15 is 0 Å². The third-order valence-electron chi connectivity index (χ3n) is 7.49. The van der Waals surface area contributed by atoms with Gasteiger partial charge in [-0.1, -0.05) is 39.0 Å². The standard InChI is InChI=1S/C27H43N7O2/c1-7-28-26(35)33-16-14-32(15-17-33)25-30-29-24(22-13-18-36-23(22)27(3,4)5)34(25)19-20(2)31(6)21-11-9-8-10-12-21/h8-12,20,22-23H,7,13-19H2,1-6H3,(H,28,35)/t20?,22-,23-/m1/s1. The lowest BCUT2D eigenvalue weighted by molar-refractivity contribution is 0.0191. The first-order valence-electron chi connectivity index (χ1n) is 13.3. The fraction of sp³-hybridized carbons (Fsp3) is 0.667. The quantitative estimate of drug-likeness (QED) is 0.630. The number of aromatic nitrogens is 3. The predicted octanol–water partition coefficient (Wildman–Crippen LogP) is 3.57. The number of rotatable bonds is 7. The molecular formula is C27H43N7O2. The highest BCUT2D eigenvalue weighted by Gasteiger charge is 2.41. The lowest BCUT2D eigenvalue weighted by atomic mass is 9.81. The molecule has 1 aromatic heterocycles. The number of hydrogen-bond donors (Lipinski definition) is 1. The minimum atomic E-state index is 0.00790. The maximum Gasteiger partial charge on any atom is 0.317 e. The first kappa shape index (κ1) is 26.3. The van der Waals surface area contributed by atoms with Crippen LogP contribution in [0.5, 0.6) is 0 Å². The number of carbonyl (C=O) groups excluding carboxylic acids is 1. The Labute approximate surface area is 215 Å². The van der Waals surface area contributed by atoms with Gasteiger partial charge in [0, 0.05) is 70.6 Å². The Kier molecular flexibility index (Phi) is 8.07. The van der Waals surface area contributed by atoms with Crippen LogP contribution in [0.2, 0.25) is 0 Å². The van der Waals surface area contributed by atoms with E-state index in [4.69, 9.17) is 14.9 Å². The Balaban J connectivity index is 1.60. The van der Waals surface area contributed by atoms with Crippen LogP contribution < -0.4 is 15.1 Å². The minimum Gasteiger partial charge on any atom is -0.377 e. The molecule has 2 amide bonds. The van der Waals surface area contributed by atoms with E-state index in [9.17, 15) is 4.79 Å².